The van der Waals surface area contributed by atoms with Gasteiger partial charge in [-0.15, -0.1) is 0 Å². The molecule has 0 fully saturated rings. The maximum atomic E-state index is 11.8. The van der Waals surface area contributed by atoms with Crippen LogP contribution in [-0.4, -0.2) is 18.9 Å². The molecule has 23 heavy (non-hydrogen) atoms. The average Bonchev–Trinajstić information content (AvgIpc) is 2.59. The molecule has 0 saturated heterocycles. The molecular weight excluding hydrogens is 294 g/mol. The second kappa shape index (κ2) is 7.23. The number of Topliss-reactive ketones (excluding diaryl/α,β-unsaturated/α-hetero) is 1. The van der Waals surface area contributed by atoms with Gasteiger partial charge in [-0.2, -0.15) is 5.26 Å². The Bertz CT molecular complexity index is 790. The first-order chi connectivity index (χ1) is 11.0. The second-order valence-corrected chi connectivity index (χ2v) is 4.86. The maximum Gasteiger partial charge on any atom is 0.338 e. The van der Waals surface area contributed by atoms with E-state index in [-0.39, 0.29) is 23.5 Å². The quantitative estimate of drug-likeness (QED) is 0.626. The lowest BCUT2D eigenvalue weighted by molar-refractivity contribution is 0.0596. The first kappa shape index (κ1) is 16.2. The molecule has 5 heteroatoms. The zero-order valence-electron chi connectivity index (χ0n) is 12.8. The molecule has 0 atom stereocenters. The Balaban J connectivity index is 2.22. The summed E-state index contributed by atoms with van der Waals surface area (Å²) in [7, 11) is 1.26. The molecule has 2 aromatic carbocycles. The molecule has 0 aliphatic carbocycles. The summed E-state index contributed by atoms with van der Waals surface area (Å²) in [6, 6.07) is 13.8. The Hall–Kier alpha value is -3.13. The number of benzene rings is 2. The molecular formula is C18H15NO4. The van der Waals surface area contributed by atoms with Crippen LogP contribution in [0.1, 0.15) is 38.8 Å². The highest BCUT2D eigenvalue weighted by Crippen LogP contribution is 2.20. The van der Waals surface area contributed by atoms with Crippen LogP contribution in [0.15, 0.2) is 42.5 Å². The molecule has 0 radical (unpaired) electrons. The van der Waals surface area contributed by atoms with Gasteiger partial charge in [0.15, 0.2) is 5.78 Å². The van der Waals surface area contributed by atoms with Crippen molar-refractivity contribution in [1.82, 2.24) is 0 Å². The van der Waals surface area contributed by atoms with Crippen LogP contribution in [0.4, 0.5) is 0 Å². The first-order valence-corrected chi connectivity index (χ1v) is 6.90. The molecule has 0 N–H and O–H groups in total. The van der Waals surface area contributed by atoms with Gasteiger partial charge in [0.05, 0.1) is 24.3 Å². The second-order valence-electron chi connectivity index (χ2n) is 4.86. The Morgan fingerprint density at radius 2 is 1.91 bits per heavy atom. The summed E-state index contributed by atoms with van der Waals surface area (Å²) in [5.41, 5.74) is 1.84. The molecule has 0 saturated carbocycles. The molecule has 116 valence electrons. The van der Waals surface area contributed by atoms with E-state index >= 15 is 0 Å². The van der Waals surface area contributed by atoms with E-state index in [2.05, 4.69) is 6.07 Å². The lowest BCUT2D eigenvalue weighted by atomic mass is 10.0. The predicted octanol–water partition coefficient (Wildman–Crippen LogP) is 3.13. The summed E-state index contributed by atoms with van der Waals surface area (Å²) < 4.78 is 10.3. The van der Waals surface area contributed by atoms with Crippen LogP contribution in [0.5, 0.6) is 5.75 Å². The SMILES string of the molecule is COC(=O)c1cc(OCc2cccc(C#N)c2)ccc1C(C)=O. The van der Waals surface area contributed by atoms with Crippen molar-refractivity contribution in [3.05, 3.63) is 64.7 Å². The molecule has 0 aliphatic heterocycles. The molecule has 2 rings (SSSR count). The number of carbonyl (C=O) groups excluding carboxylic acids is 2. The van der Waals surface area contributed by atoms with E-state index in [4.69, 9.17) is 14.7 Å². The van der Waals surface area contributed by atoms with Gasteiger partial charge in [0.1, 0.15) is 12.4 Å². The number of ketones is 1. The van der Waals surface area contributed by atoms with Gasteiger partial charge in [-0.1, -0.05) is 12.1 Å². The summed E-state index contributed by atoms with van der Waals surface area (Å²) in [6.45, 7) is 1.63. The smallest absolute Gasteiger partial charge is 0.338 e. The molecule has 0 heterocycles. The summed E-state index contributed by atoms with van der Waals surface area (Å²) in [5, 5.41) is 8.88. The Labute approximate surface area is 134 Å². The van der Waals surface area contributed by atoms with Crippen LogP contribution >= 0.6 is 0 Å². The van der Waals surface area contributed by atoms with Crippen molar-refractivity contribution in [2.24, 2.45) is 0 Å². The average molecular weight is 309 g/mol. The van der Waals surface area contributed by atoms with E-state index in [0.29, 0.717) is 11.3 Å². The number of ether oxygens (including phenoxy) is 2. The fourth-order valence-electron chi connectivity index (χ4n) is 2.10. The fraction of sp³-hybridized carbons (Fsp3) is 0.167. The van der Waals surface area contributed by atoms with E-state index < -0.39 is 5.97 Å². The van der Waals surface area contributed by atoms with Crippen LogP contribution in [0.2, 0.25) is 0 Å². The molecule has 0 aromatic heterocycles. The van der Waals surface area contributed by atoms with Crippen LogP contribution in [-0.2, 0) is 11.3 Å². The van der Waals surface area contributed by atoms with Crippen LogP contribution in [0.25, 0.3) is 0 Å². The highest BCUT2D eigenvalue weighted by molar-refractivity contribution is 6.05. The highest BCUT2D eigenvalue weighted by Gasteiger charge is 2.16. The van der Waals surface area contributed by atoms with Crippen molar-refractivity contribution in [1.29, 1.82) is 5.26 Å². The van der Waals surface area contributed by atoms with Crippen molar-refractivity contribution in [3.63, 3.8) is 0 Å². The van der Waals surface area contributed by atoms with Crippen molar-refractivity contribution in [2.45, 2.75) is 13.5 Å². The van der Waals surface area contributed by atoms with Crippen LogP contribution in [0.3, 0.4) is 0 Å². The molecule has 0 spiro atoms. The van der Waals surface area contributed by atoms with Gasteiger partial charge in [0, 0.05) is 5.56 Å². The van der Waals surface area contributed by atoms with Crippen molar-refractivity contribution in [2.75, 3.05) is 7.11 Å². The number of rotatable bonds is 5. The van der Waals surface area contributed by atoms with E-state index in [1.807, 2.05) is 6.07 Å². The van der Waals surface area contributed by atoms with Crippen LogP contribution in [0, 0.1) is 11.3 Å². The third-order valence-corrected chi connectivity index (χ3v) is 3.24. The number of esters is 1. The van der Waals surface area contributed by atoms with Gasteiger partial charge in [-0.3, -0.25) is 4.79 Å². The van der Waals surface area contributed by atoms with Gasteiger partial charge in [0.25, 0.3) is 0 Å². The van der Waals surface area contributed by atoms with Crippen molar-refractivity contribution in [3.8, 4) is 11.8 Å². The monoisotopic (exact) mass is 309 g/mol. The fourth-order valence-corrected chi connectivity index (χ4v) is 2.10. The normalized spacial score (nSPS) is 9.78. The van der Waals surface area contributed by atoms with Gasteiger partial charge >= 0.3 is 5.97 Å². The molecule has 2 aromatic rings. The molecule has 0 unspecified atom stereocenters. The lowest BCUT2D eigenvalue weighted by Crippen LogP contribution is -2.09. The summed E-state index contributed by atoms with van der Waals surface area (Å²) in [5.74, 6) is -0.372. The predicted molar refractivity (Wildman–Crippen MR) is 83.3 cm³/mol. The Morgan fingerprint density at radius 3 is 2.57 bits per heavy atom. The van der Waals surface area contributed by atoms with Gasteiger partial charge in [-0.25, -0.2) is 4.79 Å². The summed E-state index contributed by atoms with van der Waals surface area (Å²) in [4.78, 5) is 23.4. The van der Waals surface area contributed by atoms with Crippen molar-refractivity contribution < 1.29 is 19.1 Å². The number of carbonyl (C=O) groups is 2. The minimum atomic E-state index is -0.591. The lowest BCUT2D eigenvalue weighted by Gasteiger charge is -2.10. The number of hydrogen-bond donors (Lipinski definition) is 0. The van der Waals surface area contributed by atoms with Gasteiger partial charge < -0.3 is 9.47 Å². The van der Waals surface area contributed by atoms with E-state index in [0.717, 1.165) is 5.56 Å². The van der Waals surface area contributed by atoms with E-state index in [9.17, 15) is 9.59 Å². The highest BCUT2D eigenvalue weighted by atomic mass is 16.5. The Morgan fingerprint density at radius 1 is 1.13 bits per heavy atom. The number of nitrogens with zero attached hydrogens (tertiary/aromatic N) is 1. The molecule has 0 amide bonds. The standard InChI is InChI=1S/C18H15NO4/c1-12(20)16-7-6-15(9-17(16)18(21)22-2)23-11-14-5-3-4-13(8-14)10-19/h3-9H,11H2,1-2H3. The first-order valence-electron chi connectivity index (χ1n) is 6.90. The third-order valence-electron chi connectivity index (χ3n) is 3.24. The number of hydrogen-bond acceptors (Lipinski definition) is 5. The molecule has 0 aliphatic rings. The van der Waals surface area contributed by atoms with Crippen LogP contribution < -0.4 is 4.74 Å². The van der Waals surface area contributed by atoms with Gasteiger partial charge in [0.2, 0.25) is 0 Å². The topological polar surface area (TPSA) is 76.4 Å². The van der Waals surface area contributed by atoms with Gasteiger partial charge in [-0.05, 0) is 42.8 Å². The maximum absolute atomic E-state index is 11.8. The summed E-state index contributed by atoms with van der Waals surface area (Å²) in [6.07, 6.45) is 0. The number of nitriles is 1. The van der Waals surface area contributed by atoms with E-state index in [1.165, 1.54) is 26.2 Å². The number of methoxy groups -OCH3 is 1. The zero-order chi connectivity index (χ0) is 16.8. The molecule has 0 bridgehead atoms. The van der Waals surface area contributed by atoms with Crippen molar-refractivity contribution >= 4 is 11.8 Å². The largest absolute Gasteiger partial charge is 0.489 e. The Kier molecular flexibility index (Phi) is 5.11. The zero-order valence-corrected chi connectivity index (χ0v) is 12.8. The summed E-state index contributed by atoms with van der Waals surface area (Å²) >= 11 is 0. The minimum absolute atomic E-state index is 0.170. The third kappa shape index (κ3) is 3.95. The van der Waals surface area contributed by atoms with E-state index in [1.54, 1.807) is 24.3 Å². The minimum Gasteiger partial charge on any atom is -0.489 e. The molecule has 5 nitrogen and oxygen atoms in total.